The molecular formula is C31H45N3O4S. The highest BCUT2D eigenvalue weighted by Crippen LogP contribution is 2.29. The highest BCUT2D eigenvalue weighted by atomic mass is 32.1. The number of hydrogen-bond donors (Lipinski definition) is 3. The van der Waals surface area contributed by atoms with E-state index in [2.05, 4.69) is 30.2 Å². The van der Waals surface area contributed by atoms with E-state index in [4.69, 9.17) is 4.74 Å². The molecule has 0 aliphatic carbocycles. The molecule has 7 nitrogen and oxygen atoms in total. The number of benzene rings is 2. The van der Waals surface area contributed by atoms with E-state index >= 15 is 0 Å². The maximum Gasteiger partial charge on any atom is 0.408 e. The van der Waals surface area contributed by atoms with Crippen LogP contribution in [-0.2, 0) is 14.3 Å². The van der Waals surface area contributed by atoms with Gasteiger partial charge in [0, 0.05) is 18.0 Å². The zero-order chi connectivity index (χ0) is 29.2. The van der Waals surface area contributed by atoms with Gasteiger partial charge in [-0.2, -0.15) is 12.6 Å². The summed E-state index contributed by atoms with van der Waals surface area (Å²) < 4.78 is 5.40. The molecule has 0 heterocycles. The van der Waals surface area contributed by atoms with Crippen LogP contribution < -0.4 is 10.6 Å². The van der Waals surface area contributed by atoms with E-state index in [1.807, 2.05) is 63.2 Å². The second-order valence-electron chi connectivity index (χ2n) is 11.0. The molecule has 2 aromatic carbocycles. The Bertz CT molecular complexity index is 1130. The second kappa shape index (κ2) is 15.0. The van der Waals surface area contributed by atoms with Gasteiger partial charge in [0.2, 0.25) is 5.91 Å². The zero-order valence-corrected chi connectivity index (χ0v) is 25.4. The molecule has 0 aliphatic rings. The van der Waals surface area contributed by atoms with Crippen LogP contribution in [0.3, 0.4) is 0 Å². The normalized spacial score (nSPS) is 12.8. The third-order valence-corrected chi connectivity index (χ3v) is 6.76. The number of nitrogens with zero attached hydrogens (tertiary/aromatic N) is 1. The van der Waals surface area contributed by atoms with Gasteiger partial charge in [0.25, 0.3) is 5.91 Å². The van der Waals surface area contributed by atoms with Crippen LogP contribution in [0, 0.1) is 20.8 Å². The summed E-state index contributed by atoms with van der Waals surface area (Å²) in [6.45, 7) is 13.6. The molecule has 0 spiro atoms. The molecule has 0 saturated carbocycles. The number of para-hydroxylation sites is 1. The largest absolute Gasteiger partial charge is 0.444 e. The Morgan fingerprint density at radius 1 is 0.974 bits per heavy atom. The highest BCUT2D eigenvalue weighted by Gasteiger charge is 2.36. The lowest BCUT2D eigenvalue weighted by Crippen LogP contribution is -2.53. The topological polar surface area (TPSA) is 87.7 Å². The van der Waals surface area contributed by atoms with Gasteiger partial charge in [0.1, 0.15) is 17.7 Å². The fraction of sp³-hybridized carbons (Fsp3) is 0.516. The van der Waals surface area contributed by atoms with E-state index in [0.29, 0.717) is 12.2 Å². The first kappa shape index (κ1) is 32.2. The molecule has 0 aromatic heterocycles. The molecular weight excluding hydrogens is 510 g/mol. The third kappa shape index (κ3) is 9.92. The van der Waals surface area contributed by atoms with Crippen LogP contribution in [0.2, 0.25) is 0 Å². The summed E-state index contributed by atoms with van der Waals surface area (Å²) in [5, 5.41) is 5.72. The van der Waals surface area contributed by atoms with Crippen molar-refractivity contribution in [3.05, 3.63) is 64.7 Å². The smallest absolute Gasteiger partial charge is 0.408 e. The molecule has 0 fully saturated rings. The summed E-state index contributed by atoms with van der Waals surface area (Å²) in [7, 11) is 0. The average molecular weight is 556 g/mol. The Morgan fingerprint density at radius 3 is 2.26 bits per heavy atom. The van der Waals surface area contributed by atoms with Gasteiger partial charge in [0.05, 0.1) is 0 Å². The highest BCUT2D eigenvalue weighted by molar-refractivity contribution is 7.80. The minimum atomic E-state index is -0.964. The lowest BCUT2D eigenvalue weighted by atomic mass is 9.96. The number of ether oxygens (including phenoxy) is 1. The molecule has 8 heteroatoms. The predicted octanol–water partition coefficient (Wildman–Crippen LogP) is 6.52. The van der Waals surface area contributed by atoms with Crippen LogP contribution in [0.1, 0.15) is 81.7 Å². The van der Waals surface area contributed by atoms with Crippen molar-refractivity contribution in [2.45, 2.75) is 91.8 Å². The van der Waals surface area contributed by atoms with E-state index in [1.54, 1.807) is 25.7 Å². The van der Waals surface area contributed by atoms with Gasteiger partial charge >= 0.3 is 6.09 Å². The van der Waals surface area contributed by atoms with Crippen molar-refractivity contribution in [3.8, 4) is 0 Å². The van der Waals surface area contributed by atoms with Gasteiger partial charge in [-0.1, -0.05) is 68.1 Å². The monoisotopic (exact) mass is 555 g/mol. The van der Waals surface area contributed by atoms with Crippen molar-refractivity contribution in [1.82, 2.24) is 10.2 Å². The first-order valence-electron chi connectivity index (χ1n) is 13.7. The number of carbonyl (C=O) groups excluding carboxylic acids is 3. The van der Waals surface area contributed by atoms with Gasteiger partial charge in [0.15, 0.2) is 0 Å². The SMILES string of the molecule is CCCCCCN(C(=O)C(CS)NC(=O)OC(C)(C)C)C(C(=O)Nc1ccccc1C)c1ccc(C)cc1C. The number of anilines is 1. The number of amides is 3. The second-order valence-corrected chi connectivity index (χ2v) is 11.4. The van der Waals surface area contributed by atoms with E-state index in [1.165, 1.54) is 0 Å². The molecule has 214 valence electrons. The summed E-state index contributed by atoms with van der Waals surface area (Å²) in [6.07, 6.45) is 3.02. The lowest BCUT2D eigenvalue weighted by molar-refractivity contribution is -0.140. The van der Waals surface area contributed by atoms with E-state index in [9.17, 15) is 14.4 Å². The van der Waals surface area contributed by atoms with E-state index < -0.39 is 23.8 Å². The molecule has 0 aliphatic heterocycles. The summed E-state index contributed by atoms with van der Waals surface area (Å²) in [6, 6.07) is 11.6. The summed E-state index contributed by atoms with van der Waals surface area (Å²) >= 11 is 4.38. The Balaban J connectivity index is 2.53. The number of hydrogen-bond acceptors (Lipinski definition) is 5. The molecule has 2 N–H and O–H groups in total. The number of rotatable bonds is 12. The lowest BCUT2D eigenvalue weighted by Gasteiger charge is -2.35. The quantitative estimate of drug-likeness (QED) is 0.205. The summed E-state index contributed by atoms with van der Waals surface area (Å²) in [5.41, 5.74) is 3.61. The van der Waals surface area contributed by atoms with Gasteiger partial charge in [-0.3, -0.25) is 9.59 Å². The number of carbonyl (C=O) groups is 3. The van der Waals surface area contributed by atoms with Gasteiger partial charge < -0.3 is 20.3 Å². The molecule has 2 aromatic rings. The first-order chi connectivity index (χ1) is 18.4. The molecule has 2 atom stereocenters. The van der Waals surface area contributed by atoms with Crippen LogP contribution in [-0.4, -0.2) is 46.7 Å². The van der Waals surface area contributed by atoms with Crippen molar-refractivity contribution in [3.63, 3.8) is 0 Å². The maximum absolute atomic E-state index is 14.1. The predicted molar refractivity (Wildman–Crippen MR) is 161 cm³/mol. The van der Waals surface area contributed by atoms with Crippen LogP contribution in [0.5, 0.6) is 0 Å². The minimum absolute atomic E-state index is 0.0581. The Hall–Kier alpha value is -3.00. The molecule has 2 rings (SSSR count). The maximum atomic E-state index is 14.1. The average Bonchev–Trinajstić information content (AvgIpc) is 2.85. The van der Waals surface area contributed by atoms with Crippen molar-refractivity contribution in [1.29, 1.82) is 0 Å². The van der Waals surface area contributed by atoms with Gasteiger partial charge in [-0.25, -0.2) is 4.79 Å². The number of nitrogens with one attached hydrogen (secondary N) is 2. The number of aryl methyl sites for hydroxylation is 3. The van der Waals surface area contributed by atoms with Crippen LogP contribution >= 0.6 is 12.6 Å². The molecule has 3 amide bonds. The minimum Gasteiger partial charge on any atom is -0.444 e. The van der Waals surface area contributed by atoms with Crippen molar-refractivity contribution < 1.29 is 19.1 Å². The molecule has 39 heavy (non-hydrogen) atoms. The molecule has 0 saturated heterocycles. The molecule has 0 bridgehead atoms. The fourth-order valence-corrected chi connectivity index (χ4v) is 4.66. The van der Waals surface area contributed by atoms with Gasteiger partial charge in [-0.15, -0.1) is 0 Å². The Kier molecular flexibility index (Phi) is 12.4. The van der Waals surface area contributed by atoms with Crippen LogP contribution in [0.25, 0.3) is 0 Å². The Morgan fingerprint density at radius 2 is 1.67 bits per heavy atom. The first-order valence-corrected chi connectivity index (χ1v) is 14.4. The fourth-order valence-electron chi connectivity index (χ4n) is 4.41. The van der Waals surface area contributed by atoms with Crippen molar-refractivity contribution in [2.75, 3.05) is 17.6 Å². The third-order valence-electron chi connectivity index (χ3n) is 6.39. The van der Waals surface area contributed by atoms with Crippen LogP contribution in [0.15, 0.2) is 42.5 Å². The number of thiol groups is 1. The number of unbranched alkanes of at least 4 members (excludes halogenated alkanes) is 3. The molecule has 0 radical (unpaired) electrons. The van der Waals surface area contributed by atoms with E-state index in [0.717, 1.165) is 47.9 Å². The zero-order valence-electron chi connectivity index (χ0n) is 24.5. The van der Waals surface area contributed by atoms with E-state index in [-0.39, 0.29) is 17.6 Å². The van der Waals surface area contributed by atoms with Crippen molar-refractivity contribution in [2.24, 2.45) is 0 Å². The summed E-state index contributed by atoms with van der Waals surface area (Å²) in [5.74, 6) is -0.629. The Labute approximate surface area is 239 Å². The van der Waals surface area contributed by atoms with Crippen LogP contribution in [0.4, 0.5) is 10.5 Å². The van der Waals surface area contributed by atoms with Gasteiger partial charge in [-0.05, 0) is 70.7 Å². The number of alkyl carbamates (subject to hydrolysis) is 1. The van der Waals surface area contributed by atoms with Crippen molar-refractivity contribution >= 4 is 36.2 Å². The summed E-state index contributed by atoms with van der Waals surface area (Å²) in [4.78, 5) is 42.3. The molecule has 2 unspecified atom stereocenters. The standard InChI is InChI=1S/C31H45N3O4S/c1-8-9-10-13-18-34(29(36)26(20-39)33-30(37)38-31(5,6)7)27(24-17-16-21(2)19-23(24)4)28(35)32-25-15-12-11-14-22(25)3/h11-12,14-17,19,26-27,39H,8-10,13,18,20H2,1-7H3,(H,32,35)(H,33,37).